The first kappa shape index (κ1) is 12.1. The van der Waals surface area contributed by atoms with Crippen LogP contribution in [-0.4, -0.2) is 24.2 Å². The van der Waals surface area contributed by atoms with E-state index in [0.717, 1.165) is 6.54 Å². The molecule has 1 aromatic rings. The maximum absolute atomic E-state index is 11.9. The highest BCUT2D eigenvalue weighted by Gasteiger charge is 2.39. The molecule has 0 saturated carbocycles. The van der Waals surface area contributed by atoms with Crippen molar-refractivity contribution in [3.63, 3.8) is 0 Å². The van der Waals surface area contributed by atoms with E-state index in [9.17, 15) is 4.79 Å². The van der Waals surface area contributed by atoms with E-state index < -0.39 is 5.60 Å². The lowest BCUT2D eigenvalue weighted by Crippen LogP contribution is -2.57. The Hall–Kier alpha value is -1.35. The smallest absolute Gasteiger partial charge is 0.324 e. The molecule has 3 nitrogen and oxygen atoms in total. The van der Waals surface area contributed by atoms with Crippen LogP contribution in [0.25, 0.3) is 0 Å². The molecule has 1 heterocycles. The molecule has 92 valence electrons. The molecule has 1 aliphatic rings. The molecule has 0 aromatic heterocycles. The lowest BCUT2D eigenvalue weighted by atomic mass is 9.85. The van der Waals surface area contributed by atoms with Gasteiger partial charge in [-0.2, -0.15) is 0 Å². The molecule has 1 saturated heterocycles. The Morgan fingerprint density at radius 2 is 1.94 bits per heavy atom. The fourth-order valence-electron chi connectivity index (χ4n) is 1.98. The molecule has 17 heavy (non-hydrogen) atoms. The molecule has 0 aliphatic carbocycles. The normalized spacial score (nSPS) is 23.9. The molecule has 2 atom stereocenters. The van der Waals surface area contributed by atoms with Gasteiger partial charge < -0.3 is 10.1 Å². The minimum atomic E-state index is -0.421. The van der Waals surface area contributed by atoms with Crippen LogP contribution in [0.2, 0.25) is 0 Å². The summed E-state index contributed by atoms with van der Waals surface area (Å²) in [4.78, 5) is 11.9. The molecule has 1 fully saturated rings. The van der Waals surface area contributed by atoms with E-state index >= 15 is 0 Å². The first-order chi connectivity index (χ1) is 7.97. The van der Waals surface area contributed by atoms with E-state index in [1.807, 2.05) is 39.0 Å². The number of carbonyl (C=O) groups is 1. The molecule has 1 aliphatic heterocycles. The van der Waals surface area contributed by atoms with Crippen LogP contribution < -0.4 is 5.32 Å². The van der Waals surface area contributed by atoms with Gasteiger partial charge in [-0.25, -0.2) is 0 Å². The van der Waals surface area contributed by atoms with E-state index in [4.69, 9.17) is 4.74 Å². The summed E-state index contributed by atoms with van der Waals surface area (Å²) in [6, 6.07) is 9.90. The topological polar surface area (TPSA) is 38.3 Å². The number of ether oxygens (including phenoxy) is 1. The van der Waals surface area contributed by atoms with Gasteiger partial charge in [0.2, 0.25) is 0 Å². The van der Waals surface area contributed by atoms with Gasteiger partial charge in [0, 0.05) is 12.5 Å². The van der Waals surface area contributed by atoms with E-state index in [2.05, 4.69) is 17.4 Å². The second-order valence-electron chi connectivity index (χ2n) is 5.44. The average Bonchev–Trinajstić information content (AvgIpc) is 2.14. The average molecular weight is 233 g/mol. The summed E-state index contributed by atoms with van der Waals surface area (Å²) in [6.07, 6.45) is 0. The monoisotopic (exact) mass is 233 g/mol. The van der Waals surface area contributed by atoms with Crippen LogP contribution in [0.5, 0.6) is 0 Å². The summed E-state index contributed by atoms with van der Waals surface area (Å²) >= 11 is 0. The van der Waals surface area contributed by atoms with Gasteiger partial charge in [0.25, 0.3) is 0 Å². The minimum absolute atomic E-state index is 0.155. The number of carbonyl (C=O) groups excluding carboxylic acids is 1. The van der Waals surface area contributed by atoms with E-state index in [1.165, 1.54) is 5.56 Å². The Labute approximate surface area is 102 Å². The quantitative estimate of drug-likeness (QED) is 0.795. The predicted molar refractivity (Wildman–Crippen MR) is 66.8 cm³/mol. The van der Waals surface area contributed by atoms with Crippen molar-refractivity contribution in [3.8, 4) is 0 Å². The third kappa shape index (κ3) is 2.86. The van der Waals surface area contributed by atoms with Gasteiger partial charge in [-0.1, -0.05) is 30.3 Å². The van der Waals surface area contributed by atoms with Crippen LogP contribution in [-0.2, 0) is 9.53 Å². The zero-order valence-corrected chi connectivity index (χ0v) is 10.6. The number of benzene rings is 1. The van der Waals surface area contributed by atoms with Crippen LogP contribution in [0.3, 0.4) is 0 Å². The fraction of sp³-hybridized carbons (Fsp3) is 0.500. The number of esters is 1. The first-order valence-electron chi connectivity index (χ1n) is 5.98. The van der Waals surface area contributed by atoms with Crippen molar-refractivity contribution in [1.29, 1.82) is 0 Å². The molecule has 0 amide bonds. The fourth-order valence-corrected chi connectivity index (χ4v) is 1.98. The Bertz CT molecular complexity index is 394. The van der Waals surface area contributed by atoms with Gasteiger partial charge in [0.05, 0.1) is 0 Å². The van der Waals surface area contributed by atoms with E-state index in [-0.39, 0.29) is 17.9 Å². The van der Waals surface area contributed by atoms with Crippen molar-refractivity contribution in [2.75, 3.05) is 6.54 Å². The zero-order valence-electron chi connectivity index (χ0n) is 10.6. The van der Waals surface area contributed by atoms with Gasteiger partial charge in [0.1, 0.15) is 11.6 Å². The van der Waals surface area contributed by atoms with Crippen LogP contribution in [0, 0.1) is 0 Å². The summed E-state index contributed by atoms with van der Waals surface area (Å²) in [5.41, 5.74) is 0.775. The second kappa shape index (κ2) is 4.49. The maximum atomic E-state index is 11.9. The molecule has 1 aromatic carbocycles. The van der Waals surface area contributed by atoms with E-state index in [1.54, 1.807) is 0 Å². The van der Waals surface area contributed by atoms with Crippen LogP contribution in [0.15, 0.2) is 30.3 Å². The highest BCUT2D eigenvalue weighted by molar-refractivity contribution is 5.79. The highest BCUT2D eigenvalue weighted by atomic mass is 16.6. The zero-order chi connectivity index (χ0) is 12.5. The third-order valence-electron chi connectivity index (χ3n) is 2.85. The van der Waals surface area contributed by atoms with Crippen molar-refractivity contribution in [1.82, 2.24) is 5.32 Å². The SMILES string of the molecule is CC(C)(C)OC(=O)[C@H]1NC[C@@H]1c1ccccc1. The van der Waals surface area contributed by atoms with Crippen molar-refractivity contribution >= 4 is 5.97 Å². The Morgan fingerprint density at radius 3 is 2.41 bits per heavy atom. The number of nitrogens with one attached hydrogen (secondary N) is 1. The lowest BCUT2D eigenvalue weighted by molar-refractivity contribution is -0.160. The van der Waals surface area contributed by atoms with Crippen molar-refractivity contribution in [2.24, 2.45) is 0 Å². The lowest BCUT2D eigenvalue weighted by Gasteiger charge is -2.38. The minimum Gasteiger partial charge on any atom is -0.459 e. The van der Waals surface area contributed by atoms with Crippen LogP contribution in [0.1, 0.15) is 32.3 Å². The Kier molecular flexibility index (Phi) is 3.20. The summed E-state index contributed by atoms with van der Waals surface area (Å²) in [5, 5.41) is 3.14. The first-order valence-corrected chi connectivity index (χ1v) is 5.98. The molecular weight excluding hydrogens is 214 g/mol. The second-order valence-corrected chi connectivity index (χ2v) is 5.44. The van der Waals surface area contributed by atoms with Gasteiger partial charge >= 0.3 is 5.97 Å². The van der Waals surface area contributed by atoms with Gasteiger partial charge in [0.15, 0.2) is 0 Å². The van der Waals surface area contributed by atoms with Crippen LogP contribution >= 0.6 is 0 Å². The molecule has 0 unspecified atom stereocenters. The van der Waals surface area contributed by atoms with Gasteiger partial charge in [-0.05, 0) is 26.3 Å². The van der Waals surface area contributed by atoms with Crippen LogP contribution in [0.4, 0.5) is 0 Å². The Balaban J connectivity index is 2.02. The summed E-state index contributed by atoms with van der Waals surface area (Å²) in [5.74, 6) is 0.0867. The largest absolute Gasteiger partial charge is 0.459 e. The maximum Gasteiger partial charge on any atom is 0.324 e. The molecule has 0 radical (unpaired) electrons. The standard InChI is InChI=1S/C14H19NO2/c1-14(2,3)17-13(16)12-11(9-15-12)10-7-5-4-6-8-10/h4-8,11-12,15H,9H2,1-3H3/t11-,12+/m1/s1. The molecule has 3 heteroatoms. The summed E-state index contributed by atoms with van der Waals surface area (Å²) in [7, 11) is 0. The van der Waals surface area contributed by atoms with Gasteiger partial charge in [-0.3, -0.25) is 4.79 Å². The number of hydrogen-bond donors (Lipinski definition) is 1. The van der Waals surface area contributed by atoms with Crippen molar-refractivity contribution < 1.29 is 9.53 Å². The molecule has 1 N–H and O–H groups in total. The molecular formula is C14H19NO2. The van der Waals surface area contributed by atoms with E-state index in [0.29, 0.717) is 0 Å². The highest BCUT2D eigenvalue weighted by Crippen LogP contribution is 2.27. The Morgan fingerprint density at radius 1 is 1.29 bits per heavy atom. The molecule has 0 bridgehead atoms. The van der Waals surface area contributed by atoms with Crippen molar-refractivity contribution in [2.45, 2.75) is 38.3 Å². The number of hydrogen-bond acceptors (Lipinski definition) is 3. The van der Waals surface area contributed by atoms with Crippen molar-refractivity contribution in [3.05, 3.63) is 35.9 Å². The number of rotatable bonds is 2. The molecule has 2 rings (SSSR count). The predicted octanol–water partition coefficient (Wildman–Crippen LogP) is 2.08. The molecule has 0 spiro atoms. The summed E-state index contributed by atoms with van der Waals surface area (Å²) in [6.45, 7) is 6.51. The third-order valence-corrected chi connectivity index (χ3v) is 2.85. The summed E-state index contributed by atoms with van der Waals surface area (Å²) < 4.78 is 5.39. The van der Waals surface area contributed by atoms with Gasteiger partial charge in [-0.15, -0.1) is 0 Å².